The van der Waals surface area contributed by atoms with Crippen molar-refractivity contribution in [3.63, 3.8) is 0 Å². The van der Waals surface area contributed by atoms with Gasteiger partial charge in [0.1, 0.15) is 0 Å². The first kappa shape index (κ1) is 19.6. The Kier molecular flexibility index (Phi) is 6.62. The van der Waals surface area contributed by atoms with E-state index in [0.29, 0.717) is 13.0 Å². The summed E-state index contributed by atoms with van der Waals surface area (Å²) in [7, 11) is 0. The van der Waals surface area contributed by atoms with Gasteiger partial charge in [-0.05, 0) is 47.9 Å². The van der Waals surface area contributed by atoms with Crippen LogP contribution in [-0.4, -0.2) is 28.9 Å². The van der Waals surface area contributed by atoms with Crippen molar-refractivity contribution in [1.29, 1.82) is 0 Å². The summed E-state index contributed by atoms with van der Waals surface area (Å²) >= 11 is 0. The summed E-state index contributed by atoms with van der Waals surface area (Å²) in [6.07, 6.45) is 3.47. The molecule has 144 valence electrons. The second kappa shape index (κ2) is 9.14. The lowest BCUT2D eigenvalue weighted by Crippen LogP contribution is -2.38. The Morgan fingerprint density at radius 3 is 2.48 bits per heavy atom. The number of piperidine rings is 1. The van der Waals surface area contributed by atoms with E-state index in [0.717, 1.165) is 42.7 Å². The van der Waals surface area contributed by atoms with Crippen molar-refractivity contribution >= 4 is 5.91 Å². The fraction of sp³-hybridized carbons (Fsp3) is 0.478. The molecule has 0 bridgehead atoms. The highest BCUT2D eigenvalue weighted by molar-refractivity contribution is 5.78. The molecule has 1 fully saturated rings. The summed E-state index contributed by atoms with van der Waals surface area (Å²) in [6.45, 7) is 10.5. The van der Waals surface area contributed by atoms with Gasteiger partial charge < -0.3 is 5.32 Å². The molecule has 27 heavy (non-hydrogen) atoms. The molecule has 0 saturated carbocycles. The molecule has 0 radical (unpaired) electrons. The third-order valence-electron chi connectivity index (χ3n) is 5.27. The normalized spacial score (nSPS) is 20.4. The molecule has 2 heterocycles. The summed E-state index contributed by atoms with van der Waals surface area (Å²) in [4.78, 5) is 19.1. The van der Waals surface area contributed by atoms with Gasteiger partial charge >= 0.3 is 0 Å². The van der Waals surface area contributed by atoms with E-state index in [-0.39, 0.29) is 5.91 Å². The van der Waals surface area contributed by atoms with Crippen LogP contribution in [0.3, 0.4) is 0 Å². The maximum Gasteiger partial charge on any atom is 0.224 e. The van der Waals surface area contributed by atoms with Crippen LogP contribution in [0.15, 0.2) is 42.6 Å². The van der Waals surface area contributed by atoms with Gasteiger partial charge in [-0.25, -0.2) is 0 Å². The molecule has 4 heteroatoms. The molecule has 4 nitrogen and oxygen atoms in total. The minimum atomic E-state index is 0.0377. The summed E-state index contributed by atoms with van der Waals surface area (Å²) in [5.74, 6) is 1.54. The first-order chi connectivity index (χ1) is 13.0. The second-order valence-corrected chi connectivity index (χ2v) is 8.17. The van der Waals surface area contributed by atoms with E-state index in [1.165, 1.54) is 17.5 Å². The second-order valence-electron chi connectivity index (χ2n) is 8.17. The Bertz CT molecular complexity index is 746. The molecule has 2 aromatic rings. The van der Waals surface area contributed by atoms with E-state index in [4.69, 9.17) is 0 Å². The van der Waals surface area contributed by atoms with Gasteiger partial charge in [-0.1, -0.05) is 44.2 Å². The van der Waals surface area contributed by atoms with Crippen LogP contribution in [0.1, 0.15) is 42.7 Å². The van der Waals surface area contributed by atoms with Gasteiger partial charge in [0.2, 0.25) is 5.91 Å². The SMILES string of the molecule is Cc1ccc(CC(=O)NCc2ccccc2CN2CC(C)CC(C)C2)cn1. The molecule has 1 aliphatic heterocycles. The standard InChI is InChI=1S/C23H31N3O/c1-17-10-18(2)15-26(14-17)16-22-7-5-4-6-21(22)13-25-23(27)11-20-9-8-19(3)24-12-20/h4-9,12,17-18H,10-11,13-16H2,1-3H3,(H,25,27). The van der Waals surface area contributed by atoms with E-state index in [1.54, 1.807) is 6.20 Å². The molecule has 1 aromatic carbocycles. The van der Waals surface area contributed by atoms with E-state index in [1.807, 2.05) is 19.1 Å². The van der Waals surface area contributed by atoms with E-state index in [9.17, 15) is 4.79 Å². The Hall–Kier alpha value is -2.20. The number of amides is 1. The van der Waals surface area contributed by atoms with Gasteiger partial charge in [-0.15, -0.1) is 0 Å². The van der Waals surface area contributed by atoms with Crippen LogP contribution in [-0.2, 0) is 24.3 Å². The number of hydrogen-bond acceptors (Lipinski definition) is 3. The number of likely N-dealkylation sites (tertiary alicyclic amines) is 1. The van der Waals surface area contributed by atoms with E-state index >= 15 is 0 Å². The Morgan fingerprint density at radius 2 is 1.81 bits per heavy atom. The van der Waals surface area contributed by atoms with E-state index < -0.39 is 0 Å². The van der Waals surface area contributed by atoms with Crippen molar-refractivity contribution in [2.45, 2.75) is 46.7 Å². The van der Waals surface area contributed by atoms with Crippen LogP contribution in [0.2, 0.25) is 0 Å². The molecule has 2 unspecified atom stereocenters. The van der Waals surface area contributed by atoms with Crippen molar-refractivity contribution in [1.82, 2.24) is 15.2 Å². The third kappa shape index (κ3) is 5.90. The van der Waals surface area contributed by atoms with Gasteiger partial charge in [0.15, 0.2) is 0 Å². The number of nitrogens with one attached hydrogen (secondary N) is 1. The molecule has 0 spiro atoms. The van der Waals surface area contributed by atoms with Crippen molar-refractivity contribution in [2.24, 2.45) is 11.8 Å². The minimum Gasteiger partial charge on any atom is -0.352 e. The van der Waals surface area contributed by atoms with Crippen molar-refractivity contribution in [3.8, 4) is 0 Å². The molecular weight excluding hydrogens is 334 g/mol. The Morgan fingerprint density at radius 1 is 1.11 bits per heavy atom. The van der Waals surface area contributed by atoms with Crippen LogP contribution in [0.5, 0.6) is 0 Å². The van der Waals surface area contributed by atoms with Crippen LogP contribution in [0, 0.1) is 18.8 Å². The number of aromatic nitrogens is 1. The lowest BCUT2D eigenvalue weighted by atomic mass is 9.91. The maximum atomic E-state index is 12.3. The number of nitrogens with zero attached hydrogens (tertiary/aromatic N) is 2. The summed E-state index contributed by atoms with van der Waals surface area (Å²) in [5.41, 5.74) is 4.44. The Labute approximate surface area is 163 Å². The zero-order valence-corrected chi connectivity index (χ0v) is 16.7. The Balaban J connectivity index is 1.57. The molecule has 1 amide bonds. The fourth-order valence-electron chi connectivity index (χ4n) is 4.09. The smallest absolute Gasteiger partial charge is 0.224 e. The van der Waals surface area contributed by atoms with Crippen molar-refractivity contribution in [2.75, 3.05) is 13.1 Å². The number of pyridine rings is 1. The monoisotopic (exact) mass is 365 g/mol. The summed E-state index contributed by atoms with van der Waals surface area (Å²) in [5, 5.41) is 3.07. The third-order valence-corrected chi connectivity index (χ3v) is 5.27. The molecule has 2 atom stereocenters. The lowest BCUT2D eigenvalue weighted by Gasteiger charge is -2.35. The van der Waals surface area contributed by atoms with Gasteiger partial charge in [-0.2, -0.15) is 0 Å². The molecule has 1 saturated heterocycles. The number of rotatable bonds is 6. The largest absolute Gasteiger partial charge is 0.352 e. The van der Waals surface area contributed by atoms with Crippen LogP contribution >= 0.6 is 0 Å². The highest BCUT2D eigenvalue weighted by Crippen LogP contribution is 2.23. The highest BCUT2D eigenvalue weighted by Gasteiger charge is 2.22. The zero-order valence-electron chi connectivity index (χ0n) is 16.7. The number of carbonyl (C=O) groups is 1. The first-order valence-corrected chi connectivity index (χ1v) is 9.97. The van der Waals surface area contributed by atoms with Gasteiger partial charge in [-0.3, -0.25) is 14.7 Å². The number of carbonyl (C=O) groups excluding carboxylic acids is 1. The van der Waals surface area contributed by atoms with Crippen LogP contribution in [0.4, 0.5) is 0 Å². The topological polar surface area (TPSA) is 45.2 Å². The highest BCUT2D eigenvalue weighted by atomic mass is 16.1. The predicted molar refractivity (Wildman–Crippen MR) is 109 cm³/mol. The predicted octanol–water partition coefficient (Wildman–Crippen LogP) is 3.73. The fourth-order valence-corrected chi connectivity index (χ4v) is 4.09. The molecule has 1 aliphatic rings. The zero-order chi connectivity index (χ0) is 19.2. The molecule has 1 N–H and O–H groups in total. The quantitative estimate of drug-likeness (QED) is 0.848. The number of hydrogen-bond donors (Lipinski definition) is 1. The van der Waals surface area contributed by atoms with Gasteiger partial charge in [0.05, 0.1) is 6.42 Å². The lowest BCUT2D eigenvalue weighted by molar-refractivity contribution is -0.120. The molecular formula is C23H31N3O. The summed E-state index contributed by atoms with van der Waals surface area (Å²) < 4.78 is 0. The maximum absolute atomic E-state index is 12.3. The van der Waals surface area contributed by atoms with Gasteiger partial charge in [0, 0.05) is 38.1 Å². The average molecular weight is 366 g/mol. The number of benzene rings is 1. The van der Waals surface area contributed by atoms with Crippen molar-refractivity contribution < 1.29 is 4.79 Å². The van der Waals surface area contributed by atoms with Crippen molar-refractivity contribution in [3.05, 3.63) is 65.0 Å². The first-order valence-electron chi connectivity index (χ1n) is 9.97. The van der Waals surface area contributed by atoms with Crippen LogP contribution < -0.4 is 5.32 Å². The summed E-state index contributed by atoms with van der Waals surface area (Å²) in [6, 6.07) is 12.4. The van der Waals surface area contributed by atoms with E-state index in [2.05, 4.69) is 53.3 Å². The van der Waals surface area contributed by atoms with Gasteiger partial charge in [0.25, 0.3) is 0 Å². The minimum absolute atomic E-state index is 0.0377. The molecule has 0 aliphatic carbocycles. The number of aryl methyl sites for hydroxylation is 1. The molecule has 3 rings (SSSR count). The molecule has 1 aromatic heterocycles. The van der Waals surface area contributed by atoms with Crippen LogP contribution in [0.25, 0.3) is 0 Å². The average Bonchev–Trinajstić information content (AvgIpc) is 2.62.